The second-order valence-corrected chi connectivity index (χ2v) is 8.51. The molecule has 0 amide bonds. The molecule has 5 aromatic rings. The summed E-state index contributed by atoms with van der Waals surface area (Å²) >= 11 is 7.42. The van der Waals surface area contributed by atoms with Crippen molar-refractivity contribution in [3.8, 4) is 5.75 Å². The van der Waals surface area contributed by atoms with Crippen molar-refractivity contribution in [2.45, 2.75) is 9.92 Å². The number of ether oxygens (including phenoxy) is 1. The second-order valence-electron chi connectivity index (χ2n) is 7.07. The number of benzene rings is 4. The Bertz CT molecular complexity index is 1460. The zero-order valence-electron chi connectivity index (χ0n) is 17.0. The largest absolute Gasteiger partial charge is 0.496 e. The fraction of sp³-hybridized carbons (Fsp3) is 0.0400. The normalized spacial score (nSPS) is 11.1. The van der Waals surface area contributed by atoms with Crippen LogP contribution in [0.4, 0.5) is 15.9 Å². The van der Waals surface area contributed by atoms with Crippen molar-refractivity contribution < 1.29 is 9.13 Å². The lowest BCUT2D eigenvalue weighted by Crippen LogP contribution is -2.00. The zero-order chi connectivity index (χ0) is 22.1. The van der Waals surface area contributed by atoms with Crippen LogP contribution >= 0.6 is 23.4 Å². The Morgan fingerprint density at radius 3 is 2.28 bits per heavy atom. The highest BCUT2D eigenvalue weighted by molar-refractivity contribution is 7.99. The fourth-order valence-corrected chi connectivity index (χ4v) is 4.52. The first-order valence-electron chi connectivity index (χ1n) is 9.84. The van der Waals surface area contributed by atoms with Gasteiger partial charge in [0.15, 0.2) is 5.82 Å². The van der Waals surface area contributed by atoms with E-state index in [1.165, 1.54) is 23.9 Å². The molecule has 0 bridgehead atoms. The minimum Gasteiger partial charge on any atom is -0.496 e. The number of hydrogen-bond acceptors (Lipinski definition) is 5. The first-order valence-corrected chi connectivity index (χ1v) is 11.0. The molecule has 0 aliphatic rings. The molecule has 1 aromatic heterocycles. The van der Waals surface area contributed by atoms with Crippen LogP contribution in [-0.2, 0) is 0 Å². The van der Waals surface area contributed by atoms with E-state index in [2.05, 4.69) is 11.4 Å². The second kappa shape index (κ2) is 8.65. The highest BCUT2D eigenvalue weighted by Crippen LogP contribution is 2.39. The molecule has 0 fully saturated rings. The van der Waals surface area contributed by atoms with Crippen molar-refractivity contribution in [2.75, 3.05) is 12.4 Å². The maximum Gasteiger partial charge on any atom is 0.164 e. The molecular weight excluding hydrogens is 445 g/mol. The summed E-state index contributed by atoms with van der Waals surface area (Å²) in [6, 6.07) is 24.3. The Balaban J connectivity index is 1.66. The van der Waals surface area contributed by atoms with Crippen LogP contribution in [0.2, 0.25) is 5.02 Å². The average Bonchev–Trinajstić information content (AvgIpc) is 2.81. The molecular formula is C25H17ClFN3OS. The minimum absolute atomic E-state index is 0.0358. The molecule has 0 saturated heterocycles. The maximum atomic E-state index is 13.6. The lowest BCUT2D eigenvalue weighted by atomic mass is 10.1. The van der Waals surface area contributed by atoms with Gasteiger partial charge in [-0.05, 0) is 53.2 Å². The van der Waals surface area contributed by atoms with Crippen molar-refractivity contribution in [3.63, 3.8) is 0 Å². The zero-order valence-corrected chi connectivity index (χ0v) is 18.5. The molecule has 7 heteroatoms. The van der Waals surface area contributed by atoms with Gasteiger partial charge in [-0.2, -0.15) is 0 Å². The van der Waals surface area contributed by atoms with Gasteiger partial charge in [0.2, 0.25) is 0 Å². The van der Waals surface area contributed by atoms with Crippen molar-refractivity contribution >= 4 is 56.7 Å². The summed E-state index contributed by atoms with van der Waals surface area (Å²) < 4.78 is 19.1. The van der Waals surface area contributed by atoms with E-state index in [4.69, 9.17) is 26.3 Å². The van der Waals surface area contributed by atoms with Crippen LogP contribution in [0.25, 0.3) is 21.8 Å². The summed E-state index contributed by atoms with van der Waals surface area (Å²) in [5.74, 6) is 0.817. The maximum absolute atomic E-state index is 13.6. The molecule has 158 valence electrons. The quantitative estimate of drug-likeness (QED) is 0.275. The SMILES string of the molecule is COc1ccccc1Sc1nc2cc3ccccc3cc2nc1Nc1ccc(F)c(Cl)c1. The van der Waals surface area contributed by atoms with Gasteiger partial charge < -0.3 is 10.1 Å². The number of nitrogens with zero attached hydrogens (tertiary/aromatic N) is 2. The first kappa shape index (κ1) is 20.5. The van der Waals surface area contributed by atoms with Gasteiger partial charge in [-0.3, -0.25) is 0 Å². The highest BCUT2D eigenvalue weighted by Gasteiger charge is 2.15. The van der Waals surface area contributed by atoms with Crippen molar-refractivity contribution in [1.82, 2.24) is 9.97 Å². The van der Waals surface area contributed by atoms with E-state index in [-0.39, 0.29) is 5.02 Å². The van der Waals surface area contributed by atoms with Crippen molar-refractivity contribution in [3.05, 3.63) is 89.7 Å². The standard InChI is InChI=1S/C25H17ClFN3OS/c1-31-22-8-4-5-9-23(22)32-25-24(28-17-10-11-19(27)18(26)14-17)29-20-12-15-6-2-3-7-16(15)13-21(20)30-25/h2-14H,1H3,(H,28,29). The summed E-state index contributed by atoms with van der Waals surface area (Å²) in [5.41, 5.74) is 2.15. The molecule has 0 aliphatic carbocycles. The van der Waals surface area contributed by atoms with E-state index < -0.39 is 5.82 Å². The van der Waals surface area contributed by atoms with Gasteiger partial charge in [0, 0.05) is 5.69 Å². The Morgan fingerprint density at radius 2 is 1.56 bits per heavy atom. The molecule has 5 rings (SSSR count). The van der Waals surface area contributed by atoms with Crippen LogP contribution in [0.5, 0.6) is 5.75 Å². The molecule has 0 aliphatic heterocycles. The third kappa shape index (κ3) is 4.07. The van der Waals surface area contributed by atoms with E-state index in [9.17, 15) is 4.39 Å². The molecule has 0 saturated carbocycles. The minimum atomic E-state index is -0.475. The van der Waals surface area contributed by atoms with E-state index >= 15 is 0 Å². The van der Waals surface area contributed by atoms with E-state index in [1.54, 1.807) is 13.2 Å². The lowest BCUT2D eigenvalue weighted by Gasteiger charge is -2.14. The number of rotatable bonds is 5. The number of hydrogen-bond donors (Lipinski definition) is 1. The molecule has 0 spiro atoms. The third-order valence-electron chi connectivity index (χ3n) is 4.96. The molecule has 32 heavy (non-hydrogen) atoms. The predicted molar refractivity (Wildman–Crippen MR) is 129 cm³/mol. The number of fused-ring (bicyclic) bond motifs is 2. The smallest absolute Gasteiger partial charge is 0.164 e. The third-order valence-corrected chi connectivity index (χ3v) is 6.28. The Morgan fingerprint density at radius 1 is 0.875 bits per heavy atom. The van der Waals surface area contributed by atoms with E-state index in [1.807, 2.05) is 54.6 Å². The van der Waals surface area contributed by atoms with Gasteiger partial charge >= 0.3 is 0 Å². The number of methoxy groups -OCH3 is 1. The topological polar surface area (TPSA) is 47.0 Å². The van der Waals surface area contributed by atoms with Gasteiger partial charge in [0.25, 0.3) is 0 Å². The predicted octanol–water partition coefficient (Wildman–Crippen LogP) is 7.48. The van der Waals surface area contributed by atoms with Crippen LogP contribution in [0.15, 0.2) is 88.8 Å². The highest BCUT2D eigenvalue weighted by atomic mass is 35.5. The van der Waals surface area contributed by atoms with Gasteiger partial charge in [-0.1, -0.05) is 59.8 Å². The Labute approximate surface area is 193 Å². The van der Waals surface area contributed by atoms with E-state index in [0.29, 0.717) is 16.5 Å². The van der Waals surface area contributed by atoms with Gasteiger partial charge in [-0.25, -0.2) is 14.4 Å². The van der Waals surface area contributed by atoms with Crippen LogP contribution in [0.3, 0.4) is 0 Å². The summed E-state index contributed by atoms with van der Waals surface area (Å²) in [7, 11) is 1.64. The molecule has 0 unspecified atom stereocenters. The molecule has 0 atom stereocenters. The van der Waals surface area contributed by atoms with Gasteiger partial charge in [0.1, 0.15) is 16.6 Å². The average molecular weight is 462 g/mol. The Kier molecular flexibility index (Phi) is 5.55. The van der Waals surface area contributed by atoms with Gasteiger partial charge in [0.05, 0.1) is 28.1 Å². The van der Waals surface area contributed by atoms with Crippen LogP contribution < -0.4 is 10.1 Å². The van der Waals surface area contributed by atoms with E-state index in [0.717, 1.165) is 32.5 Å². The summed E-state index contributed by atoms with van der Waals surface area (Å²) in [4.78, 5) is 10.7. The number of halogens is 2. The molecule has 4 nitrogen and oxygen atoms in total. The number of aromatic nitrogens is 2. The van der Waals surface area contributed by atoms with Gasteiger partial charge in [-0.15, -0.1) is 0 Å². The lowest BCUT2D eigenvalue weighted by molar-refractivity contribution is 0.405. The molecule has 4 aromatic carbocycles. The molecule has 1 N–H and O–H groups in total. The summed E-state index contributed by atoms with van der Waals surface area (Å²) in [5, 5.41) is 6.12. The van der Waals surface area contributed by atoms with Crippen molar-refractivity contribution in [1.29, 1.82) is 0 Å². The number of para-hydroxylation sites is 1. The monoisotopic (exact) mass is 461 g/mol. The van der Waals surface area contributed by atoms with Crippen LogP contribution in [0.1, 0.15) is 0 Å². The molecule has 1 heterocycles. The van der Waals surface area contributed by atoms with Crippen molar-refractivity contribution in [2.24, 2.45) is 0 Å². The molecule has 0 radical (unpaired) electrons. The fourth-order valence-electron chi connectivity index (χ4n) is 3.40. The summed E-state index contributed by atoms with van der Waals surface area (Å²) in [6.45, 7) is 0. The van der Waals surface area contributed by atoms with Crippen LogP contribution in [-0.4, -0.2) is 17.1 Å². The van der Waals surface area contributed by atoms with Crippen LogP contribution in [0, 0.1) is 5.82 Å². The first-order chi connectivity index (χ1) is 15.6. The number of anilines is 2. The number of nitrogens with one attached hydrogen (secondary N) is 1. The Hall–Kier alpha value is -3.35. The summed E-state index contributed by atoms with van der Waals surface area (Å²) in [6.07, 6.45) is 0.